The van der Waals surface area contributed by atoms with Crippen molar-refractivity contribution in [1.82, 2.24) is 5.32 Å². The summed E-state index contributed by atoms with van der Waals surface area (Å²) in [5, 5.41) is 3.27. The van der Waals surface area contributed by atoms with Gasteiger partial charge < -0.3 is 5.32 Å². The van der Waals surface area contributed by atoms with E-state index in [1.165, 1.54) is 11.3 Å². The molecule has 0 aromatic heterocycles. The lowest BCUT2D eigenvalue weighted by Crippen LogP contribution is -2.37. The van der Waals surface area contributed by atoms with Gasteiger partial charge in [0, 0.05) is 5.70 Å². The summed E-state index contributed by atoms with van der Waals surface area (Å²) in [5.41, 5.74) is 2.35. The molecule has 1 rings (SSSR count). The number of nitrogens with one attached hydrogen (secondary N) is 1. The summed E-state index contributed by atoms with van der Waals surface area (Å²) in [6.07, 6.45) is 4.22. The van der Waals surface area contributed by atoms with Gasteiger partial charge >= 0.3 is 0 Å². The Hall–Kier alpha value is -1.05. The third-order valence-electron chi connectivity index (χ3n) is 2.29. The van der Waals surface area contributed by atoms with Crippen molar-refractivity contribution in [2.75, 3.05) is 0 Å². The minimum atomic E-state index is -0.0913. The summed E-state index contributed by atoms with van der Waals surface area (Å²) < 4.78 is 0. The quantitative estimate of drug-likeness (QED) is 0.606. The summed E-state index contributed by atoms with van der Waals surface area (Å²) in [7, 11) is 0. The van der Waals surface area contributed by atoms with Crippen LogP contribution in [0.15, 0.2) is 28.4 Å². The number of aliphatic imine (C=N–C) groups is 1. The van der Waals surface area contributed by atoms with E-state index >= 15 is 0 Å². The van der Waals surface area contributed by atoms with Gasteiger partial charge in [0.25, 0.3) is 0 Å². The van der Waals surface area contributed by atoms with Gasteiger partial charge in [-0.1, -0.05) is 12.2 Å². The van der Waals surface area contributed by atoms with E-state index in [1.807, 2.05) is 13.8 Å². The van der Waals surface area contributed by atoms with Crippen molar-refractivity contribution >= 4 is 5.84 Å². The van der Waals surface area contributed by atoms with Crippen LogP contribution in [0.3, 0.4) is 0 Å². The molecule has 1 N–H and O–H groups in total. The van der Waals surface area contributed by atoms with Crippen molar-refractivity contribution in [3.05, 3.63) is 23.4 Å². The largest absolute Gasteiger partial charge is 0.344 e. The number of hydrogen-bond acceptors (Lipinski definition) is 2. The average molecular weight is 178 g/mol. The predicted molar refractivity (Wildman–Crippen MR) is 57.8 cm³/mol. The van der Waals surface area contributed by atoms with Crippen molar-refractivity contribution < 1.29 is 0 Å². The Morgan fingerprint density at radius 2 is 1.85 bits per heavy atom. The summed E-state index contributed by atoms with van der Waals surface area (Å²) >= 11 is 0. The summed E-state index contributed by atoms with van der Waals surface area (Å²) in [6.45, 7) is 10.4. The van der Waals surface area contributed by atoms with Crippen LogP contribution in [0, 0.1) is 0 Å². The molecule has 2 nitrogen and oxygen atoms in total. The van der Waals surface area contributed by atoms with E-state index in [0.717, 1.165) is 5.84 Å². The molecule has 0 spiro atoms. The second kappa shape index (κ2) is 3.36. The molecular formula is C11H18N2. The molecule has 1 aliphatic rings. The number of nitrogens with zero attached hydrogens (tertiary/aromatic N) is 1. The van der Waals surface area contributed by atoms with Crippen molar-refractivity contribution in [1.29, 1.82) is 0 Å². The Morgan fingerprint density at radius 3 is 2.31 bits per heavy atom. The lowest BCUT2D eigenvalue weighted by Gasteiger charge is -2.32. The van der Waals surface area contributed by atoms with E-state index in [1.54, 1.807) is 0 Å². The lowest BCUT2D eigenvalue weighted by molar-refractivity contribution is 0.594. The molecule has 0 aromatic carbocycles. The first-order chi connectivity index (χ1) is 6.01. The Kier molecular flexibility index (Phi) is 2.60. The normalized spacial score (nSPS) is 27.3. The highest BCUT2D eigenvalue weighted by Gasteiger charge is 2.28. The molecule has 0 aliphatic carbocycles. The van der Waals surface area contributed by atoms with Crippen molar-refractivity contribution in [3.63, 3.8) is 0 Å². The van der Waals surface area contributed by atoms with Crippen LogP contribution in [-0.2, 0) is 0 Å². The molecule has 0 saturated carbocycles. The molecule has 0 fully saturated rings. The lowest BCUT2D eigenvalue weighted by atomic mass is 9.90. The number of hydrogen-bond donors (Lipinski definition) is 1. The fraction of sp³-hybridized carbons (Fsp3) is 0.545. The number of allylic oxidation sites excluding steroid dienone is 2. The zero-order valence-corrected chi connectivity index (χ0v) is 9.10. The van der Waals surface area contributed by atoms with Crippen molar-refractivity contribution in [3.8, 4) is 0 Å². The molecule has 72 valence electrons. The first-order valence-electron chi connectivity index (χ1n) is 4.68. The van der Waals surface area contributed by atoms with Gasteiger partial charge in [0.1, 0.15) is 0 Å². The summed E-state index contributed by atoms with van der Waals surface area (Å²) in [6, 6.07) is 0. The fourth-order valence-corrected chi connectivity index (χ4v) is 1.84. The van der Waals surface area contributed by atoms with Gasteiger partial charge in [0.05, 0.1) is 11.4 Å². The van der Waals surface area contributed by atoms with Gasteiger partial charge in [-0.2, -0.15) is 0 Å². The van der Waals surface area contributed by atoms with Gasteiger partial charge in [-0.25, -0.2) is 0 Å². The number of rotatable bonds is 0. The molecule has 0 radical (unpaired) electrons. The van der Waals surface area contributed by atoms with Crippen molar-refractivity contribution in [2.24, 2.45) is 4.99 Å². The van der Waals surface area contributed by atoms with Crippen LogP contribution >= 0.6 is 0 Å². The molecule has 0 amide bonds. The molecule has 0 bridgehead atoms. The smallest absolute Gasteiger partial charge is 0.0986 e. The van der Waals surface area contributed by atoms with Crippen LogP contribution in [0.25, 0.3) is 0 Å². The van der Waals surface area contributed by atoms with Gasteiger partial charge in [0.2, 0.25) is 0 Å². The van der Waals surface area contributed by atoms with Gasteiger partial charge in [-0.15, -0.1) is 0 Å². The Morgan fingerprint density at radius 1 is 1.23 bits per heavy atom. The zero-order chi connectivity index (χ0) is 10.1. The van der Waals surface area contributed by atoms with E-state index in [9.17, 15) is 0 Å². The Labute approximate surface area is 80.4 Å². The molecule has 0 saturated heterocycles. The van der Waals surface area contributed by atoms with Crippen LogP contribution in [0.5, 0.6) is 0 Å². The van der Waals surface area contributed by atoms with Crippen LogP contribution in [-0.4, -0.2) is 11.4 Å². The highest BCUT2D eigenvalue weighted by atomic mass is 15.1. The van der Waals surface area contributed by atoms with E-state index in [4.69, 9.17) is 0 Å². The standard InChI is InChI=1S/C11H18N2/c1-6-9-10(7-2)12-8(3)13-11(9,4)5/h6-7H,1-5H3,(H,12,13)/b9-6+,10-7+. The monoisotopic (exact) mass is 178 g/mol. The fourth-order valence-electron chi connectivity index (χ4n) is 1.84. The molecule has 1 aliphatic heterocycles. The molecule has 0 atom stereocenters. The molecule has 2 heteroatoms. The number of amidine groups is 1. The Bertz CT molecular complexity index is 293. The molecular weight excluding hydrogens is 160 g/mol. The van der Waals surface area contributed by atoms with E-state index in [2.05, 4.69) is 43.2 Å². The molecule has 13 heavy (non-hydrogen) atoms. The third-order valence-corrected chi connectivity index (χ3v) is 2.29. The molecule has 0 unspecified atom stereocenters. The van der Waals surface area contributed by atoms with E-state index < -0.39 is 0 Å². The van der Waals surface area contributed by atoms with Gasteiger partial charge in [-0.3, -0.25) is 4.99 Å². The molecule has 1 heterocycles. The highest BCUT2D eigenvalue weighted by Crippen LogP contribution is 2.29. The molecule has 0 aromatic rings. The summed E-state index contributed by atoms with van der Waals surface area (Å²) in [4.78, 5) is 4.56. The third kappa shape index (κ3) is 1.82. The topological polar surface area (TPSA) is 24.4 Å². The minimum absolute atomic E-state index is 0.0913. The van der Waals surface area contributed by atoms with E-state index in [0.29, 0.717) is 0 Å². The maximum Gasteiger partial charge on any atom is 0.0986 e. The maximum absolute atomic E-state index is 4.56. The SMILES string of the molecule is C/C=C1/NC(C)=NC(C)(C)/C1=C/C. The highest BCUT2D eigenvalue weighted by molar-refractivity contribution is 5.84. The van der Waals surface area contributed by atoms with E-state index in [-0.39, 0.29) is 5.54 Å². The van der Waals surface area contributed by atoms with Crippen LogP contribution in [0.4, 0.5) is 0 Å². The van der Waals surface area contributed by atoms with Gasteiger partial charge in [-0.05, 0) is 40.2 Å². The van der Waals surface area contributed by atoms with Crippen molar-refractivity contribution in [2.45, 2.75) is 40.2 Å². The van der Waals surface area contributed by atoms with Crippen LogP contribution in [0.1, 0.15) is 34.6 Å². The second-order valence-corrected chi connectivity index (χ2v) is 3.79. The zero-order valence-electron chi connectivity index (χ0n) is 9.10. The average Bonchev–Trinajstić information content (AvgIpc) is 2.01. The first kappa shape index (κ1) is 10.0. The Balaban J connectivity index is 3.20. The predicted octanol–water partition coefficient (Wildman–Crippen LogP) is 2.64. The minimum Gasteiger partial charge on any atom is -0.344 e. The second-order valence-electron chi connectivity index (χ2n) is 3.79. The summed E-state index contributed by atoms with van der Waals surface area (Å²) in [5.74, 6) is 0.990. The maximum atomic E-state index is 4.56. The van der Waals surface area contributed by atoms with Crippen LogP contribution < -0.4 is 5.32 Å². The first-order valence-corrected chi connectivity index (χ1v) is 4.68. The van der Waals surface area contributed by atoms with Gasteiger partial charge in [0.15, 0.2) is 0 Å². The van der Waals surface area contributed by atoms with Crippen LogP contribution in [0.2, 0.25) is 0 Å².